The lowest BCUT2D eigenvalue weighted by Gasteiger charge is -2.08. The van der Waals surface area contributed by atoms with Crippen LogP contribution in [0.3, 0.4) is 0 Å². The molecule has 1 aromatic heterocycles. The van der Waals surface area contributed by atoms with Crippen LogP contribution in [0.5, 0.6) is 0 Å². The highest BCUT2D eigenvalue weighted by Gasteiger charge is 2.15. The van der Waals surface area contributed by atoms with E-state index in [2.05, 4.69) is 0 Å². The zero-order valence-corrected chi connectivity index (χ0v) is 10.4. The minimum Gasteiger partial charge on any atom is -0.477 e. The third kappa shape index (κ3) is 2.24. The molecule has 18 heavy (non-hydrogen) atoms. The fourth-order valence-electron chi connectivity index (χ4n) is 1.86. The lowest BCUT2D eigenvalue weighted by Crippen LogP contribution is -2.10. The van der Waals surface area contributed by atoms with Crippen LogP contribution in [0.1, 0.15) is 21.6 Å². The summed E-state index contributed by atoms with van der Waals surface area (Å²) in [6.07, 6.45) is 1.62. The van der Waals surface area contributed by atoms with Gasteiger partial charge in [-0.2, -0.15) is 0 Å². The molecule has 0 unspecified atom stereocenters. The van der Waals surface area contributed by atoms with Gasteiger partial charge in [-0.15, -0.1) is 0 Å². The average Bonchev–Trinajstić information content (AvgIpc) is 2.66. The van der Waals surface area contributed by atoms with Gasteiger partial charge in [-0.05, 0) is 24.6 Å². The molecule has 0 aliphatic heterocycles. The van der Waals surface area contributed by atoms with E-state index in [1.165, 1.54) is 10.6 Å². The van der Waals surface area contributed by atoms with E-state index in [-0.39, 0.29) is 17.3 Å². The van der Waals surface area contributed by atoms with Gasteiger partial charge in [0.05, 0.1) is 11.6 Å². The van der Waals surface area contributed by atoms with Crippen molar-refractivity contribution in [3.63, 3.8) is 0 Å². The first kappa shape index (κ1) is 12.6. The van der Waals surface area contributed by atoms with Gasteiger partial charge in [0.2, 0.25) is 0 Å². The molecule has 0 spiro atoms. The Morgan fingerprint density at radius 3 is 2.83 bits per heavy atom. The van der Waals surface area contributed by atoms with E-state index in [9.17, 15) is 9.18 Å². The second kappa shape index (κ2) is 4.82. The van der Waals surface area contributed by atoms with Crippen molar-refractivity contribution in [1.29, 1.82) is 0 Å². The number of carbonyl (C=O) groups is 1. The van der Waals surface area contributed by atoms with Gasteiger partial charge >= 0.3 is 5.97 Å². The van der Waals surface area contributed by atoms with Crippen LogP contribution in [-0.2, 0) is 6.54 Å². The highest BCUT2D eigenvalue weighted by molar-refractivity contribution is 6.30. The second-order valence-corrected chi connectivity index (χ2v) is 4.40. The average molecular weight is 268 g/mol. The van der Waals surface area contributed by atoms with Crippen LogP contribution >= 0.6 is 11.6 Å². The van der Waals surface area contributed by atoms with E-state index in [0.29, 0.717) is 11.1 Å². The van der Waals surface area contributed by atoms with Crippen LogP contribution in [0, 0.1) is 12.7 Å². The monoisotopic (exact) mass is 267 g/mol. The predicted octanol–water partition coefficient (Wildman–Crippen LogP) is 3.34. The third-order valence-electron chi connectivity index (χ3n) is 2.74. The molecular formula is C13H11ClFNO2. The molecule has 0 radical (unpaired) electrons. The molecule has 0 bridgehead atoms. The van der Waals surface area contributed by atoms with E-state index >= 15 is 0 Å². The Bertz CT molecular complexity index is 607. The van der Waals surface area contributed by atoms with E-state index in [1.807, 2.05) is 0 Å². The van der Waals surface area contributed by atoms with Gasteiger partial charge in [-0.3, -0.25) is 0 Å². The van der Waals surface area contributed by atoms with Crippen molar-refractivity contribution in [3.8, 4) is 0 Å². The zero-order valence-electron chi connectivity index (χ0n) is 9.65. The summed E-state index contributed by atoms with van der Waals surface area (Å²) in [6, 6.07) is 6.37. The lowest BCUT2D eigenvalue weighted by atomic mass is 10.2. The van der Waals surface area contributed by atoms with Crippen LogP contribution in [-0.4, -0.2) is 15.6 Å². The number of halogens is 2. The minimum absolute atomic E-state index is 0.0354. The molecular weight excluding hydrogens is 257 g/mol. The Labute approximate surface area is 108 Å². The van der Waals surface area contributed by atoms with Crippen LogP contribution in [0.15, 0.2) is 30.5 Å². The number of hydrogen-bond donors (Lipinski definition) is 1. The summed E-state index contributed by atoms with van der Waals surface area (Å²) in [5.41, 5.74) is 1.17. The molecule has 5 heteroatoms. The summed E-state index contributed by atoms with van der Waals surface area (Å²) in [5.74, 6) is -1.54. The molecule has 1 aromatic carbocycles. The molecule has 0 saturated carbocycles. The van der Waals surface area contributed by atoms with Crippen molar-refractivity contribution in [2.45, 2.75) is 13.5 Å². The number of rotatable bonds is 3. The van der Waals surface area contributed by atoms with Crippen molar-refractivity contribution < 1.29 is 14.3 Å². The Morgan fingerprint density at radius 1 is 1.44 bits per heavy atom. The van der Waals surface area contributed by atoms with Crippen LogP contribution in [0.25, 0.3) is 0 Å². The third-order valence-corrected chi connectivity index (χ3v) is 3.03. The first-order chi connectivity index (χ1) is 8.50. The van der Waals surface area contributed by atoms with Crippen LogP contribution in [0.4, 0.5) is 4.39 Å². The second-order valence-electron chi connectivity index (χ2n) is 3.99. The number of nitrogens with zero attached hydrogens (tertiary/aromatic N) is 1. The standard InChI is InChI=1S/C13H11ClFNO2/c1-8-5-6-16(12(8)13(17)18)7-9-3-2-4-10(14)11(9)15/h2-6H,7H2,1H3,(H,17,18). The fourth-order valence-corrected chi connectivity index (χ4v) is 2.05. The number of aryl methyl sites for hydroxylation is 1. The van der Waals surface area contributed by atoms with E-state index < -0.39 is 11.8 Å². The summed E-state index contributed by atoms with van der Waals surface area (Å²) in [4.78, 5) is 11.1. The molecule has 0 aliphatic carbocycles. The normalized spacial score (nSPS) is 10.6. The number of hydrogen-bond acceptors (Lipinski definition) is 1. The highest BCUT2D eigenvalue weighted by atomic mass is 35.5. The maximum absolute atomic E-state index is 13.7. The summed E-state index contributed by atoms with van der Waals surface area (Å²) >= 11 is 5.69. The molecule has 3 nitrogen and oxygen atoms in total. The first-order valence-electron chi connectivity index (χ1n) is 5.32. The van der Waals surface area contributed by atoms with Gasteiger partial charge in [0.1, 0.15) is 11.5 Å². The van der Waals surface area contributed by atoms with Gasteiger partial charge in [0, 0.05) is 11.8 Å². The summed E-state index contributed by atoms with van der Waals surface area (Å²) in [5, 5.41) is 9.13. The largest absolute Gasteiger partial charge is 0.477 e. The minimum atomic E-state index is -1.03. The summed E-state index contributed by atoms with van der Waals surface area (Å²) in [6.45, 7) is 1.84. The van der Waals surface area contributed by atoms with E-state index in [1.54, 1.807) is 31.3 Å². The maximum atomic E-state index is 13.7. The summed E-state index contributed by atoms with van der Waals surface area (Å²) in [7, 11) is 0. The maximum Gasteiger partial charge on any atom is 0.352 e. The zero-order chi connectivity index (χ0) is 13.3. The van der Waals surface area contributed by atoms with Crippen molar-refractivity contribution in [1.82, 2.24) is 4.57 Å². The SMILES string of the molecule is Cc1ccn(Cc2cccc(Cl)c2F)c1C(=O)O. The van der Waals surface area contributed by atoms with Crippen molar-refractivity contribution in [2.75, 3.05) is 0 Å². The Kier molecular flexibility index (Phi) is 3.39. The van der Waals surface area contributed by atoms with E-state index in [4.69, 9.17) is 16.7 Å². The smallest absolute Gasteiger partial charge is 0.352 e. The van der Waals surface area contributed by atoms with Gasteiger partial charge in [-0.1, -0.05) is 23.7 Å². The molecule has 94 valence electrons. The molecule has 0 amide bonds. The van der Waals surface area contributed by atoms with Crippen molar-refractivity contribution >= 4 is 17.6 Å². The lowest BCUT2D eigenvalue weighted by molar-refractivity contribution is 0.0685. The molecule has 0 saturated heterocycles. The fraction of sp³-hybridized carbons (Fsp3) is 0.154. The molecule has 1 N–H and O–H groups in total. The first-order valence-corrected chi connectivity index (χ1v) is 5.70. The number of aromatic nitrogens is 1. The quantitative estimate of drug-likeness (QED) is 0.927. The predicted molar refractivity (Wildman–Crippen MR) is 66.6 cm³/mol. The topological polar surface area (TPSA) is 42.2 Å². The molecule has 1 heterocycles. The highest BCUT2D eigenvalue weighted by Crippen LogP contribution is 2.20. The molecule has 0 fully saturated rings. The Hall–Kier alpha value is -1.81. The molecule has 0 atom stereocenters. The van der Waals surface area contributed by atoms with Crippen molar-refractivity contribution in [3.05, 3.63) is 58.1 Å². The number of carboxylic acid groups (broad SMARTS) is 1. The van der Waals surface area contributed by atoms with Gasteiger partial charge in [0.15, 0.2) is 0 Å². The summed E-state index contributed by atoms with van der Waals surface area (Å²) < 4.78 is 15.2. The number of benzene rings is 1. The van der Waals surface area contributed by atoms with E-state index in [0.717, 1.165) is 0 Å². The molecule has 0 aliphatic rings. The Morgan fingerprint density at radius 2 is 2.17 bits per heavy atom. The van der Waals surface area contributed by atoms with Crippen LogP contribution < -0.4 is 0 Å². The number of carboxylic acids is 1. The number of aromatic carboxylic acids is 1. The molecule has 2 rings (SSSR count). The van der Waals surface area contributed by atoms with Crippen LogP contribution in [0.2, 0.25) is 5.02 Å². The van der Waals surface area contributed by atoms with Gasteiger partial charge < -0.3 is 9.67 Å². The molecule has 2 aromatic rings. The van der Waals surface area contributed by atoms with Gasteiger partial charge in [-0.25, -0.2) is 9.18 Å². The van der Waals surface area contributed by atoms with Crippen molar-refractivity contribution in [2.24, 2.45) is 0 Å². The Balaban J connectivity index is 2.41. The van der Waals surface area contributed by atoms with Gasteiger partial charge in [0.25, 0.3) is 0 Å².